The summed E-state index contributed by atoms with van der Waals surface area (Å²) in [5.41, 5.74) is 0.988. The molecule has 20 heavy (non-hydrogen) atoms. The molecule has 1 N–H and O–H groups in total. The molecule has 1 saturated heterocycles. The number of benzene rings is 1. The average molecular weight is 319 g/mol. The molecule has 1 aromatic carbocycles. The van der Waals surface area contributed by atoms with Gasteiger partial charge in [-0.1, -0.05) is 37.0 Å². The largest absolute Gasteiger partial charge is 0.366 e. The number of hydrogen-bond acceptors (Lipinski definition) is 2. The fraction of sp³-hybridized carbons (Fsp3) is 0.600. The summed E-state index contributed by atoms with van der Waals surface area (Å²) in [4.78, 5) is 2.26. The van der Waals surface area contributed by atoms with Crippen LogP contribution in [0.1, 0.15) is 33.6 Å². The van der Waals surface area contributed by atoms with E-state index in [2.05, 4.69) is 31.0 Å². The molecular formula is C15H21Cl2FN2. The fourth-order valence-corrected chi connectivity index (χ4v) is 3.27. The van der Waals surface area contributed by atoms with Gasteiger partial charge in [0.05, 0.1) is 10.0 Å². The highest BCUT2D eigenvalue weighted by Crippen LogP contribution is 2.33. The van der Waals surface area contributed by atoms with Crippen molar-refractivity contribution >= 4 is 28.9 Å². The van der Waals surface area contributed by atoms with E-state index in [0.717, 1.165) is 31.6 Å². The summed E-state index contributed by atoms with van der Waals surface area (Å²) in [5, 5.41) is 3.80. The second-order valence-corrected chi connectivity index (χ2v) is 6.38. The summed E-state index contributed by atoms with van der Waals surface area (Å²) in [6, 6.07) is 3.65. The van der Waals surface area contributed by atoms with Crippen LogP contribution in [0, 0.1) is 5.82 Å². The molecule has 1 aliphatic rings. The maximum atomic E-state index is 13.6. The number of rotatable bonds is 3. The number of halogens is 3. The van der Waals surface area contributed by atoms with Crippen molar-refractivity contribution in [2.75, 3.05) is 18.0 Å². The Balaban J connectivity index is 2.34. The summed E-state index contributed by atoms with van der Waals surface area (Å²) < 4.78 is 13.6. The number of hydrogen-bond donors (Lipinski definition) is 1. The summed E-state index contributed by atoms with van der Waals surface area (Å²) >= 11 is 11.8. The molecule has 1 aromatic rings. The predicted octanol–water partition coefficient (Wildman–Crippen LogP) is 4.49. The smallest absolute Gasteiger partial charge is 0.160 e. The van der Waals surface area contributed by atoms with Crippen LogP contribution in [-0.4, -0.2) is 24.7 Å². The molecule has 2 nitrogen and oxygen atoms in total. The quantitative estimate of drug-likeness (QED) is 0.826. The SMILES string of the molecule is CCC1(CC)CN(c2cc(Cl)c(F)c(Cl)c2)C(C)CN1. The Kier molecular flexibility index (Phi) is 4.83. The van der Waals surface area contributed by atoms with Crippen LogP contribution in [0.5, 0.6) is 0 Å². The minimum atomic E-state index is -0.544. The zero-order chi connectivity index (χ0) is 14.9. The minimum absolute atomic E-state index is 0.0804. The molecule has 5 heteroatoms. The molecule has 112 valence electrons. The maximum Gasteiger partial charge on any atom is 0.160 e. The average Bonchev–Trinajstić information content (AvgIpc) is 2.45. The predicted molar refractivity (Wildman–Crippen MR) is 84.5 cm³/mol. The Morgan fingerprint density at radius 1 is 1.30 bits per heavy atom. The fourth-order valence-electron chi connectivity index (χ4n) is 2.79. The van der Waals surface area contributed by atoms with Crippen LogP contribution in [0.3, 0.4) is 0 Å². The molecule has 1 heterocycles. The van der Waals surface area contributed by atoms with Crippen LogP contribution < -0.4 is 10.2 Å². The normalized spacial score (nSPS) is 22.1. The maximum absolute atomic E-state index is 13.6. The van der Waals surface area contributed by atoms with E-state index in [9.17, 15) is 4.39 Å². The molecule has 0 aromatic heterocycles. The monoisotopic (exact) mass is 318 g/mol. The van der Waals surface area contributed by atoms with E-state index in [1.54, 1.807) is 12.1 Å². The lowest BCUT2D eigenvalue weighted by Crippen LogP contribution is -2.63. The number of anilines is 1. The highest BCUT2D eigenvalue weighted by atomic mass is 35.5. The molecule has 0 saturated carbocycles. The first-order valence-electron chi connectivity index (χ1n) is 7.08. The van der Waals surface area contributed by atoms with Gasteiger partial charge >= 0.3 is 0 Å². The van der Waals surface area contributed by atoms with Crippen molar-refractivity contribution in [3.05, 3.63) is 28.0 Å². The molecule has 0 radical (unpaired) electrons. The van der Waals surface area contributed by atoms with E-state index in [-0.39, 0.29) is 15.6 Å². The van der Waals surface area contributed by atoms with Gasteiger partial charge < -0.3 is 10.2 Å². The van der Waals surface area contributed by atoms with E-state index in [0.29, 0.717) is 6.04 Å². The number of nitrogens with one attached hydrogen (secondary N) is 1. The van der Waals surface area contributed by atoms with Crippen LogP contribution in [0.2, 0.25) is 10.0 Å². The molecule has 2 rings (SSSR count). The highest BCUT2D eigenvalue weighted by Gasteiger charge is 2.35. The van der Waals surface area contributed by atoms with Crippen molar-refractivity contribution in [3.63, 3.8) is 0 Å². The summed E-state index contributed by atoms with van der Waals surface area (Å²) in [7, 11) is 0. The van der Waals surface area contributed by atoms with Crippen LogP contribution in [0.15, 0.2) is 12.1 Å². The third kappa shape index (κ3) is 2.90. The summed E-state index contributed by atoms with van der Waals surface area (Å²) in [6.07, 6.45) is 2.10. The number of piperazine rings is 1. The lowest BCUT2D eigenvalue weighted by atomic mass is 9.88. The molecule has 1 unspecified atom stereocenters. The van der Waals surface area contributed by atoms with E-state index in [1.807, 2.05) is 0 Å². The standard InChI is InChI=1S/C15H21Cl2FN2/c1-4-15(5-2)9-20(10(3)8-19-15)11-6-12(16)14(18)13(17)7-11/h6-7,10,19H,4-5,8-9H2,1-3H3. The van der Waals surface area contributed by atoms with Crippen LogP contribution >= 0.6 is 23.2 Å². The van der Waals surface area contributed by atoms with Gasteiger partial charge in [-0.15, -0.1) is 0 Å². The van der Waals surface area contributed by atoms with Gasteiger partial charge in [-0.2, -0.15) is 0 Å². The number of nitrogens with zero attached hydrogens (tertiary/aromatic N) is 1. The van der Waals surface area contributed by atoms with Gasteiger partial charge in [-0.3, -0.25) is 0 Å². The molecule has 1 aliphatic heterocycles. The second-order valence-electron chi connectivity index (χ2n) is 5.57. The topological polar surface area (TPSA) is 15.3 Å². The summed E-state index contributed by atoms with van der Waals surface area (Å²) in [5.74, 6) is -0.544. The lowest BCUT2D eigenvalue weighted by Gasteiger charge is -2.47. The third-order valence-corrected chi connectivity index (χ3v) is 4.98. The third-order valence-electron chi connectivity index (χ3n) is 4.43. The van der Waals surface area contributed by atoms with E-state index in [1.165, 1.54) is 0 Å². The van der Waals surface area contributed by atoms with Gasteiger partial charge in [0.2, 0.25) is 0 Å². The molecule has 0 amide bonds. The van der Waals surface area contributed by atoms with Crippen LogP contribution in [-0.2, 0) is 0 Å². The highest BCUT2D eigenvalue weighted by molar-refractivity contribution is 6.35. The van der Waals surface area contributed by atoms with Gasteiger partial charge in [0.25, 0.3) is 0 Å². The molecule has 1 atom stereocenters. The molecule has 1 fully saturated rings. The Labute approximate surface area is 130 Å². The Hall–Kier alpha value is -0.510. The van der Waals surface area contributed by atoms with Crippen molar-refractivity contribution < 1.29 is 4.39 Å². The second kappa shape index (κ2) is 6.08. The van der Waals surface area contributed by atoms with E-state index in [4.69, 9.17) is 23.2 Å². The zero-order valence-corrected chi connectivity index (χ0v) is 13.7. The minimum Gasteiger partial charge on any atom is -0.366 e. The Morgan fingerprint density at radius 2 is 1.85 bits per heavy atom. The van der Waals surface area contributed by atoms with E-state index < -0.39 is 5.82 Å². The molecule has 0 spiro atoms. The van der Waals surface area contributed by atoms with E-state index >= 15 is 0 Å². The van der Waals surface area contributed by atoms with Crippen LogP contribution in [0.4, 0.5) is 10.1 Å². The first-order chi connectivity index (χ1) is 9.42. The van der Waals surface area contributed by atoms with Crippen molar-refractivity contribution in [1.29, 1.82) is 0 Å². The molecular weight excluding hydrogens is 298 g/mol. The zero-order valence-electron chi connectivity index (χ0n) is 12.1. The molecule has 0 bridgehead atoms. The van der Waals surface area contributed by atoms with Crippen molar-refractivity contribution in [2.45, 2.75) is 45.2 Å². The van der Waals surface area contributed by atoms with Gasteiger partial charge in [0, 0.05) is 30.4 Å². The first-order valence-corrected chi connectivity index (χ1v) is 7.84. The first kappa shape index (κ1) is 15.9. The van der Waals surface area contributed by atoms with Gasteiger partial charge in [0.1, 0.15) is 0 Å². The van der Waals surface area contributed by atoms with Gasteiger partial charge in [0.15, 0.2) is 5.82 Å². The van der Waals surface area contributed by atoms with Crippen molar-refractivity contribution in [3.8, 4) is 0 Å². The van der Waals surface area contributed by atoms with Crippen molar-refractivity contribution in [1.82, 2.24) is 5.32 Å². The van der Waals surface area contributed by atoms with Crippen molar-refractivity contribution in [2.24, 2.45) is 0 Å². The van der Waals surface area contributed by atoms with Crippen LogP contribution in [0.25, 0.3) is 0 Å². The van der Waals surface area contributed by atoms with Gasteiger partial charge in [-0.05, 0) is 31.9 Å². The Bertz CT molecular complexity index is 466. The Morgan fingerprint density at radius 3 is 2.35 bits per heavy atom. The molecule has 0 aliphatic carbocycles. The summed E-state index contributed by atoms with van der Waals surface area (Å²) in [6.45, 7) is 8.30. The lowest BCUT2D eigenvalue weighted by molar-refractivity contribution is 0.254. The van der Waals surface area contributed by atoms with Gasteiger partial charge in [-0.25, -0.2) is 4.39 Å².